The van der Waals surface area contributed by atoms with E-state index in [0.717, 1.165) is 38.4 Å². The summed E-state index contributed by atoms with van der Waals surface area (Å²) >= 11 is 0. The van der Waals surface area contributed by atoms with Crippen LogP contribution in [0.25, 0.3) is 0 Å². The van der Waals surface area contributed by atoms with Gasteiger partial charge in [0, 0.05) is 38.9 Å². The Balaban J connectivity index is 1.36. The second-order valence-electron chi connectivity index (χ2n) is 8.77. The smallest absolute Gasteiger partial charge is 0.268 e. The molecule has 1 aliphatic heterocycles. The van der Waals surface area contributed by atoms with E-state index in [9.17, 15) is 4.79 Å². The summed E-state index contributed by atoms with van der Waals surface area (Å²) in [4.78, 5) is 19.9. The van der Waals surface area contributed by atoms with Gasteiger partial charge in [-0.05, 0) is 43.4 Å². The number of nitrogens with zero attached hydrogens (tertiary/aromatic N) is 4. The number of hydrogen-bond donors (Lipinski definition) is 1. The van der Waals surface area contributed by atoms with Crippen molar-refractivity contribution in [1.29, 1.82) is 0 Å². The lowest BCUT2D eigenvalue weighted by Gasteiger charge is -2.25. The molecule has 156 valence electrons. The third-order valence-electron chi connectivity index (χ3n) is 6.66. The predicted octanol–water partition coefficient (Wildman–Crippen LogP) is 2.68. The molecule has 1 N–H and O–H groups in total. The van der Waals surface area contributed by atoms with Crippen LogP contribution in [0.5, 0.6) is 0 Å². The molecule has 3 atom stereocenters. The molecule has 1 saturated heterocycles. The van der Waals surface area contributed by atoms with Crippen molar-refractivity contribution in [1.82, 2.24) is 24.9 Å². The van der Waals surface area contributed by atoms with E-state index in [0.29, 0.717) is 17.4 Å². The minimum atomic E-state index is -0.206. The fourth-order valence-corrected chi connectivity index (χ4v) is 5.33. The average Bonchev–Trinajstić information content (AvgIpc) is 3.46. The Morgan fingerprint density at radius 1 is 1.27 bits per heavy atom. The second-order valence-corrected chi connectivity index (χ2v) is 8.77. The first-order valence-electron chi connectivity index (χ1n) is 10.5. The van der Waals surface area contributed by atoms with Crippen LogP contribution in [0.4, 0.5) is 0 Å². The molecule has 7 heteroatoms. The molecular formula is C23H27N5O2. The van der Waals surface area contributed by atoms with Crippen molar-refractivity contribution in [3.05, 3.63) is 71.6 Å². The number of aryl methyl sites for hydroxylation is 2. The maximum absolute atomic E-state index is 12.8. The van der Waals surface area contributed by atoms with Gasteiger partial charge < -0.3 is 14.4 Å². The molecule has 0 spiro atoms. The normalized spacial score (nSPS) is 26.1. The minimum absolute atomic E-state index is 0.0227. The Hall–Kier alpha value is -2.93. The number of amides is 1. The molecule has 3 unspecified atom stereocenters. The maximum atomic E-state index is 12.8. The lowest BCUT2D eigenvalue weighted by atomic mass is 9.80. The van der Waals surface area contributed by atoms with Gasteiger partial charge in [0.05, 0.1) is 5.41 Å². The van der Waals surface area contributed by atoms with Gasteiger partial charge in [-0.2, -0.15) is 4.98 Å². The third kappa shape index (κ3) is 3.33. The highest BCUT2D eigenvalue weighted by molar-refractivity contribution is 5.92. The van der Waals surface area contributed by atoms with Crippen LogP contribution in [0, 0.1) is 12.8 Å². The standard InChI is InChI=1S/C23H27N5O2/c1-16-24-22(30-26-16)23-12-19(25-21(29)20-9-6-10-27(20)2)11-18(23)14-28(15-23)13-17-7-4-3-5-8-17/h3-10,18-19H,11-15H2,1-2H3,(H,25,29). The van der Waals surface area contributed by atoms with Crippen molar-refractivity contribution in [2.24, 2.45) is 13.0 Å². The summed E-state index contributed by atoms with van der Waals surface area (Å²) in [6, 6.07) is 14.4. The Labute approximate surface area is 176 Å². The van der Waals surface area contributed by atoms with Crippen molar-refractivity contribution in [3.63, 3.8) is 0 Å². The van der Waals surface area contributed by atoms with E-state index in [4.69, 9.17) is 4.52 Å². The summed E-state index contributed by atoms with van der Waals surface area (Å²) in [7, 11) is 1.89. The Morgan fingerprint density at radius 3 is 2.80 bits per heavy atom. The van der Waals surface area contributed by atoms with Gasteiger partial charge in [0.25, 0.3) is 5.91 Å². The first-order valence-corrected chi connectivity index (χ1v) is 10.5. The van der Waals surface area contributed by atoms with Crippen LogP contribution < -0.4 is 5.32 Å². The molecule has 3 aromatic rings. The molecular weight excluding hydrogens is 378 g/mol. The van der Waals surface area contributed by atoms with Gasteiger partial charge in [0.2, 0.25) is 5.89 Å². The number of rotatable bonds is 5. The Kier molecular flexibility index (Phi) is 4.70. The van der Waals surface area contributed by atoms with Crippen LogP contribution in [0.1, 0.15) is 40.6 Å². The number of benzene rings is 1. The zero-order valence-corrected chi connectivity index (χ0v) is 17.4. The van der Waals surface area contributed by atoms with Crippen LogP contribution in [-0.2, 0) is 19.0 Å². The molecule has 1 aliphatic carbocycles. The molecule has 0 radical (unpaired) electrons. The molecule has 7 nitrogen and oxygen atoms in total. The zero-order valence-electron chi connectivity index (χ0n) is 17.4. The fourth-order valence-electron chi connectivity index (χ4n) is 5.33. The summed E-state index contributed by atoms with van der Waals surface area (Å²) in [6.45, 7) is 4.60. The molecule has 0 bridgehead atoms. The van der Waals surface area contributed by atoms with E-state index in [1.807, 2.05) is 42.9 Å². The fraction of sp³-hybridized carbons (Fsp3) is 0.435. The highest BCUT2D eigenvalue weighted by Gasteiger charge is 2.57. The SMILES string of the molecule is Cc1noc(C23CC(NC(=O)c4cccn4C)CC2CN(Cc2ccccc2)C3)n1. The summed E-state index contributed by atoms with van der Waals surface area (Å²) in [5.41, 5.74) is 1.78. The second kappa shape index (κ2) is 7.40. The lowest BCUT2D eigenvalue weighted by molar-refractivity contribution is 0.0925. The van der Waals surface area contributed by atoms with Gasteiger partial charge in [0.15, 0.2) is 5.82 Å². The molecule has 1 aromatic carbocycles. The summed E-state index contributed by atoms with van der Waals surface area (Å²) < 4.78 is 7.54. The van der Waals surface area contributed by atoms with Crippen molar-refractivity contribution >= 4 is 5.91 Å². The summed E-state index contributed by atoms with van der Waals surface area (Å²) in [5.74, 6) is 1.73. The van der Waals surface area contributed by atoms with Crippen molar-refractivity contribution in [2.45, 2.75) is 37.8 Å². The molecule has 1 saturated carbocycles. The van der Waals surface area contributed by atoms with E-state index in [-0.39, 0.29) is 17.4 Å². The molecule has 2 aromatic heterocycles. The average molecular weight is 406 g/mol. The highest BCUT2D eigenvalue weighted by Crippen LogP contribution is 2.50. The van der Waals surface area contributed by atoms with Gasteiger partial charge in [-0.1, -0.05) is 35.5 Å². The topological polar surface area (TPSA) is 76.2 Å². The molecule has 2 aliphatic rings. The number of likely N-dealkylation sites (tertiary alicyclic amines) is 1. The Bertz CT molecular complexity index is 1040. The molecule has 5 rings (SSSR count). The van der Waals surface area contributed by atoms with Crippen molar-refractivity contribution in [3.8, 4) is 0 Å². The van der Waals surface area contributed by atoms with Gasteiger partial charge >= 0.3 is 0 Å². The van der Waals surface area contributed by atoms with Crippen LogP contribution >= 0.6 is 0 Å². The largest absolute Gasteiger partial charge is 0.348 e. The van der Waals surface area contributed by atoms with Crippen LogP contribution in [0.2, 0.25) is 0 Å². The molecule has 1 amide bonds. The molecule has 2 fully saturated rings. The van der Waals surface area contributed by atoms with E-state index < -0.39 is 0 Å². The van der Waals surface area contributed by atoms with E-state index in [2.05, 4.69) is 44.6 Å². The molecule has 3 heterocycles. The quantitative estimate of drug-likeness (QED) is 0.706. The number of fused-ring (bicyclic) bond motifs is 1. The van der Waals surface area contributed by atoms with Crippen molar-refractivity contribution < 1.29 is 9.32 Å². The number of hydrogen-bond acceptors (Lipinski definition) is 5. The minimum Gasteiger partial charge on any atom is -0.348 e. The van der Waals surface area contributed by atoms with Gasteiger partial charge in [0.1, 0.15) is 5.69 Å². The van der Waals surface area contributed by atoms with E-state index >= 15 is 0 Å². The number of carbonyl (C=O) groups is 1. The summed E-state index contributed by atoms with van der Waals surface area (Å²) in [6.07, 6.45) is 3.63. The van der Waals surface area contributed by atoms with Gasteiger partial charge in [-0.15, -0.1) is 0 Å². The van der Waals surface area contributed by atoms with Crippen molar-refractivity contribution in [2.75, 3.05) is 13.1 Å². The zero-order chi connectivity index (χ0) is 20.7. The monoisotopic (exact) mass is 405 g/mol. The first kappa shape index (κ1) is 19.1. The maximum Gasteiger partial charge on any atom is 0.268 e. The molecule has 30 heavy (non-hydrogen) atoms. The number of aromatic nitrogens is 3. The third-order valence-corrected chi connectivity index (χ3v) is 6.66. The van der Waals surface area contributed by atoms with Crippen LogP contribution in [0.15, 0.2) is 53.2 Å². The Morgan fingerprint density at radius 2 is 2.10 bits per heavy atom. The van der Waals surface area contributed by atoms with Gasteiger partial charge in [-0.25, -0.2) is 0 Å². The van der Waals surface area contributed by atoms with Gasteiger partial charge in [-0.3, -0.25) is 9.69 Å². The lowest BCUT2D eigenvalue weighted by Crippen LogP contribution is -2.38. The number of carbonyl (C=O) groups excluding carboxylic acids is 1. The van der Waals surface area contributed by atoms with E-state index in [1.165, 1.54) is 5.56 Å². The van der Waals surface area contributed by atoms with E-state index in [1.54, 1.807) is 0 Å². The first-order chi connectivity index (χ1) is 14.5. The van der Waals surface area contributed by atoms with Crippen LogP contribution in [-0.4, -0.2) is 44.6 Å². The predicted molar refractivity (Wildman–Crippen MR) is 112 cm³/mol. The highest BCUT2D eigenvalue weighted by atomic mass is 16.5. The van der Waals surface area contributed by atoms with Crippen LogP contribution in [0.3, 0.4) is 0 Å². The number of nitrogens with one attached hydrogen (secondary N) is 1. The summed E-state index contributed by atoms with van der Waals surface area (Å²) in [5, 5.41) is 7.32.